The van der Waals surface area contributed by atoms with E-state index in [1.165, 1.54) is 11.1 Å². The first-order valence-electron chi connectivity index (χ1n) is 7.80. The summed E-state index contributed by atoms with van der Waals surface area (Å²) in [6, 6.07) is 18.3. The number of carbonyl (C=O) groups excluding carboxylic acids is 1. The lowest BCUT2D eigenvalue weighted by molar-refractivity contribution is -0.121. The van der Waals surface area contributed by atoms with Crippen LogP contribution in [-0.4, -0.2) is 11.3 Å². The summed E-state index contributed by atoms with van der Waals surface area (Å²) in [5.74, 6) is -0.0766. The zero-order valence-electron chi connectivity index (χ0n) is 12.5. The number of nitrogens with one attached hydrogen (secondary N) is 1. The number of hydrogen-bond acceptors (Lipinski definition) is 1. The van der Waals surface area contributed by atoms with Gasteiger partial charge in [0, 0.05) is 0 Å². The Morgan fingerprint density at radius 1 is 1.14 bits per heavy atom. The van der Waals surface area contributed by atoms with Crippen LogP contribution in [0.25, 0.3) is 0 Å². The molecule has 3 heteroatoms. The fourth-order valence-corrected chi connectivity index (χ4v) is 3.32. The molecular formula is C19H20ClNO. The Hall–Kier alpha value is -1.80. The van der Waals surface area contributed by atoms with E-state index in [2.05, 4.69) is 23.5 Å². The number of alkyl halides is 1. The highest BCUT2D eigenvalue weighted by Gasteiger charge is 2.24. The number of hydrogen-bond donors (Lipinski definition) is 1. The van der Waals surface area contributed by atoms with Crippen LogP contribution in [0.3, 0.4) is 0 Å². The van der Waals surface area contributed by atoms with E-state index < -0.39 is 5.38 Å². The summed E-state index contributed by atoms with van der Waals surface area (Å²) in [6.07, 6.45) is 3.74. The van der Waals surface area contributed by atoms with Crippen LogP contribution in [0.2, 0.25) is 0 Å². The highest BCUT2D eigenvalue weighted by atomic mass is 35.5. The summed E-state index contributed by atoms with van der Waals surface area (Å²) in [5.41, 5.74) is 3.67. The molecule has 3 rings (SSSR count). The fraction of sp³-hybridized carbons (Fsp3) is 0.316. The van der Waals surface area contributed by atoms with Crippen LogP contribution in [0.1, 0.15) is 35.6 Å². The van der Waals surface area contributed by atoms with E-state index >= 15 is 0 Å². The summed E-state index contributed by atoms with van der Waals surface area (Å²) < 4.78 is 0. The first-order chi connectivity index (χ1) is 10.7. The van der Waals surface area contributed by atoms with Gasteiger partial charge in [-0.25, -0.2) is 0 Å². The van der Waals surface area contributed by atoms with Crippen molar-refractivity contribution >= 4 is 17.5 Å². The van der Waals surface area contributed by atoms with E-state index in [-0.39, 0.29) is 11.9 Å². The van der Waals surface area contributed by atoms with Crippen LogP contribution in [0.5, 0.6) is 0 Å². The number of carbonyl (C=O) groups is 1. The fourth-order valence-electron chi connectivity index (χ4n) is 3.08. The van der Waals surface area contributed by atoms with E-state index in [4.69, 9.17) is 11.6 Å². The number of halogens is 1. The van der Waals surface area contributed by atoms with E-state index in [0.717, 1.165) is 24.8 Å². The van der Waals surface area contributed by atoms with Gasteiger partial charge in [-0.2, -0.15) is 0 Å². The predicted molar refractivity (Wildman–Crippen MR) is 90.1 cm³/mol. The lowest BCUT2D eigenvalue weighted by atomic mass is 9.87. The minimum absolute atomic E-state index is 0.0766. The van der Waals surface area contributed by atoms with Gasteiger partial charge in [0.1, 0.15) is 5.38 Å². The quantitative estimate of drug-likeness (QED) is 0.848. The third-order valence-electron chi connectivity index (χ3n) is 4.23. The maximum absolute atomic E-state index is 12.4. The Balaban J connectivity index is 1.65. The standard InChI is InChI=1S/C19H20ClNO/c20-17(13-14-7-2-1-3-8-14)19(22)21-18-12-6-10-15-9-4-5-11-16(15)18/h1-5,7-9,11,17-18H,6,10,12-13H2,(H,21,22). The minimum Gasteiger partial charge on any atom is -0.348 e. The monoisotopic (exact) mass is 313 g/mol. The number of rotatable bonds is 4. The number of aryl methyl sites for hydroxylation is 1. The summed E-state index contributed by atoms with van der Waals surface area (Å²) in [7, 11) is 0. The average Bonchev–Trinajstić information content (AvgIpc) is 2.56. The van der Waals surface area contributed by atoms with Crippen molar-refractivity contribution in [3.05, 3.63) is 71.3 Å². The van der Waals surface area contributed by atoms with Gasteiger partial charge in [0.25, 0.3) is 0 Å². The van der Waals surface area contributed by atoms with Crippen molar-refractivity contribution in [1.29, 1.82) is 0 Å². The topological polar surface area (TPSA) is 29.1 Å². The second-order valence-corrected chi connectivity index (χ2v) is 6.34. The molecule has 0 radical (unpaired) electrons. The molecule has 2 aromatic carbocycles. The number of amides is 1. The Kier molecular flexibility index (Phi) is 4.79. The van der Waals surface area contributed by atoms with E-state index in [1.807, 2.05) is 36.4 Å². The third kappa shape index (κ3) is 3.50. The van der Waals surface area contributed by atoms with Crippen LogP contribution in [0.4, 0.5) is 0 Å². The van der Waals surface area contributed by atoms with E-state index in [9.17, 15) is 4.79 Å². The zero-order valence-corrected chi connectivity index (χ0v) is 13.2. The molecule has 0 heterocycles. The van der Waals surface area contributed by atoms with Crippen molar-refractivity contribution in [3.8, 4) is 0 Å². The molecule has 0 aliphatic heterocycles. The molecule has 0 saturated carbocycles. The lowest BCUT2D eigenvalue weighted by Crippen LogP contribution is -2.37. The highest BCUT2D eigenvalue weighted by molar-refractivity contribution is 6.30. The zero-order chi connectivity index (χ0) is 15.4. The third-order valence-corrected chi connectivity index (χ3v) is 4.58. The Morgan fingerprint density at radius 3 is 2.68 bits per heavy atom. The first kappa shape index (κ1) is 15.1. The van der Waals surface area contributed by atoms with Crippen LogP contribution in [0, 0.1) is 0 Å². The van der Waals surface area contributed by atoms with Crippen LogP contribution >= 0.6 is 11.6 Å². The van der Waals surface area contributed by atoms with Crippen molar-refractivity contribution in [3.63, 3.8) is 0 Å². The van der Waals surface area contributed by atoms with Crippen LogP contribution in [0.15, 0.2) is 54.6 Å². The maximum atomic E-state index is 12.4. The van der Waals surface area contributed by atoms with E-state index in [1.54, 1.807) is 0 Å². The summed E-state index contributed by atoms with van der Waals surface area (Å²) >= 11 is 6.30. The largest absolute Gasteiger partial charge is 0.348 e. The smallest absolute Gasteiger partial charge is 0.238 e. The molecule has 1 aliphatic carbocycles. The summed E-state index contributed by atoms with van der Waals surface area (Å²) in [5, 5.41) is 2.59. The molecule has 0 aromatic heterocycles. The molecule has 1 amide bonds. The van der Waals surface area contributed by atoms with Crippen molar-refractivity contribution in [2.45, 2.75) is 37.1 Å². The molecule has 0 spiro atoms. The van der Waals surface area contributed by atoms with Gasteiger partial charge < -0.3 is 5.32 Å². The molecule has 2 atom stereocenters. The molecule has 1 aliphatic rings. The molecule has 114 valence electrons. The van der Waals surface area contributed by atoms with Crippen LogP contribution < -0.4 is 5.32 Å². The van der Waals surface area contributed by atoms with Crippen molar-refractivity contribution in [2.24, 2.45) is 0 Å². The molecule has 1 N–H and O–H groups in total. The second-order valence-electron chi connectivity index (χ2n) is 5.81. The van der Waals surface area contributed by atoms with Crippen molar-refractivity contribution < 1.29 is 4.79 Å². The lowest BCUT2D eigenvalue weighted by Gasteiger charge is -2.27. The summed E-state index contributed by atoms with van der Waals surface area (Å²) in [4.78, 5) is 12.4. The number of fused-ring (bicyclic) bond motifs is 1. The molecule has 0 saturated heterocycles. The highest BCUT2D eigenvalue weighted by Crippen LogP contribution is 2.29. The van der Waals surface area contributed by atoms with Gasteiger partial charge in [-0.3, -0.25) is 4.79 Å². The van der Waals surface area contributed by atoms with Gasteiger partial charge in [0.2, 0.25) is 5.91 Å². The molecule has 0 fully saturated rings. The second kappa shape index (κ2) is 6.97. The van der Waals surface area contributed by atoms with Gasteiger partial charge in [0.15, 0.2) is 0 Å². The average molecular weight is 314 g/mol. The molecule has 2 nitrogen and oxygen atoms in total. The van der Waals surface area contributed by atoms with Crippen molar-refractivity contribution in [1.82, 2.24) is 5.32 Å². The van der Waals surface area contributed by atoms with Crippen LogP contribution in [-0.2, 0) is 17.6 Å². The Bertz CT molecular complexity index is 641. The number of benzene rings is 2. The molecule has 2 aromatic rings. The van der Waals surface area contributed by atoms with Gasteiger partial charge >= 0.3 is 0 Å². The Labute approximate surface area is 136 Å². The Morgan fingerprint density at radius 2 is 1.86 bits per heavy atom. The van der Waals surface area contributed by atoms with Gasteiger partial charge in [0.05, 0.1) is 6.04 Å². The van der Waals surface area contributed by atoms with Gasteiger partial charge in [-0.05, 0) is 42.4 Å². The predicted octanol–water partition coefficient (Wildman–Crippen LogP) is 4.03. The minimum atomic E-state index is -0.531. The van der Waals surface area contributed by atoms with Gasteiger partial charge in [-0.15, -0.1) is 11.6 Å². The maximum Gasteiger partial charge on any atom is 0.238 e. The first-order valence-corrected chi connectivity index (χ1v) is 8.24. The molecule has 0 bridgehead atoms. The van der Waals surface area contributed by atoms with E-state index in [0.29, 0.717) is 6.42 Å². The normalized spacial score (nSPS) is 18.3. The molecular weight excluding hydrogens is 294 g/mol. The molecule has 22 heavy (non-hydrogen) atoms. The summed E-state index contributed by atoms with van der Waals surface area (Å²) in [6.45, 7) is 0. The SMILES string of the molecule is O=C(NC1CCCc2ccccc21)C(Cl)Cc1ccccc1. The van der Waals surface area contributed by atoms with Crippen molar-refractivity contribution in [2.75, 3.05) is 0 Å². The van der Waals surface area contributed by atoms with Gasteiger partial charge in [-0.1, -0.05) is 54.6 Å². The molecule has 2 unspecified atom stereocenters.